The van der Waals surface area contributed by atoms with E-state index in [0.717, 1.165) is 23.4 Å². The predicted octanol–water partition coefficient (Wildman–Crippen LogP) is 3.53. The Morgan fingerprint density at radius 2 is 1.92 bits per heavy atom. The number of hydrogen-bond donors (Lipinski definition) is 2. The Morgan fingerprint density at radius 1 is 1.08 bits per heavy atom. The van der Waals surface area contributed by atoms with Gasteiger partial charge in [0.1, 0.15) is 0 Å². The number of halogens is 2. The molecule has 0 fully saturated rings. The van der Waals surface area contributed by atoms with Crippen molar-refractivity contribution in [2.75, 3.05) is 6.54 Å². The van der Waals surface area contributed by atoms with Crippen molar-refractivity contribution in [3.8, 4) is 5.69 Å². The van der Waals surface area contributed by atoms with Crippen LogP contribution in [0.4, 0.5) is 8.78 Å². The molecule has 3 rings (SSSR count). The molecule has 2 N–H and O–H groups in total. The second kappa shape index (κ2) is 7.55. The Bertz CT molecular complexity index is 836. The van der Waals surface area contributed by atoms with E-state index in [1.54, 1.807) is 10.9 Å². The molecule has 0 aliphatic carbocycles. The first-order valence-electron chi connectivity index (χ1n) is 8.01. The van der Waals surface area contributed by atoms with Crippen LogP contribution in [0, 0.1) is 11.6 Å². The second-order valence-corrected chi connectivity index (χ2v) is 5.86. The lowest BCUT2D eigenvalue weighted by atomic mass is 10.1. The molecule has 25 heavy (non-hydrogen) atoms. The number of nitrogens with zero attached hydrogens (tertiary/aromatic N) is 2. The van der Waals surface area contributed by atoms with Gasteiger partial charge in [0.05, 0.1) is 11.8 Å². The van der Waals surface area contributed by atoms with Crippen molar-refractivity contribution < 1.29 is 13.9 Å². The van der Waals surface area contributed by atoms with E-state index < -0.39 is 17.7 Å². The molecule has 0 bridgehead atoms. The van der Waals surface area contributed by atoms with Gasteiger partial charge in [0, 0.05) is 25.0 Å². The normalized spacial score (nSPS) is 13.6. The van der Waals surface area contributed by atoms with E-state index in [0.29, 0.717) is 5.56 Å². The molecule has 6 heteroatoms. The highest BCUT2D eigenvalue weighted by atomic mass is 19.2. The van der Waals surface area contributed by atoms with Gasteiger partial charge in [0.15, 0.2) is 11.6 Å². The summed E-state index contributed by atoms with van der Waals surface area (Å²) in [6, 6.07) is 13.1. The van der Waals surface area contributed by atoms with Crippen molar-refractivity contribution in [1.82, 2.24) is 15.1 Å². The van der Waals surface area contributed by atoms with Gasteiger partial charge < -0.3 is 10.4 Å². The molecule has 0 amide bonds. The molecule has 0 aliphatic rings. The molecular weight excluding hydrogens is 324 g/mol. The first-order chi connectivity index (χ1) is 12.0. The predicted molar refractivity (Wildman–Crippen MR) is 91.3 cm³/mol. The maximum atomic E-state index is 13.3. The highest BCUT2D eigenvalue weighted by Crippen LogP contribution is 2.19. The number of aromatic nitrogens is 2. The third-order valence-electron chi connectivity index (χ3n) is 4.08. The molecule has 0 spiro atoms. The van der Waals surface area contributed by atoms with Gasteiger partial charge in [-0.3, -0.25) is 0 Å². The van der Waals surface area contributed by atoms with Crippen LogP contribution in [0.15, 0.2) is 60.9 Å². The van der Waals surface area contributed by atoms with Gasteiger partial charge >= 0.3 is 0 Å². The Labute approximate surface area is 144 Å². The monoisotopic (exact) mass is 343 g/mol. The Kier molecular flexibility index (Phi) is 5.21. The topological polar surface area (TPSA) is 50.1 Å². The summed E-state index contributed by atoms with van der Waals surface area (Å²) in [6.45, 7) is 2.19. The van der Waals surface area contributed by atoms with Crippen molar-refractivity contribution in [3.63, 3.8) is 0 Å². The third-order valence-corrected chi connectivity index (χ3v) is 4.08. The first-order valence-corrected chi connectivity index (χ1v) is 8.01. The summed E-state index contributed by atoms with van der Waals surface area (Å²) in [7, 11) is 0. The Hall–Kier alpha value is -2.57. The van der Waals surface area contributed by atoms with Crippen molar-refractivity contribution in [3.05, 3.63) is 83.7 Å². The number of aliphatic hydroxyl groups excluding tert-OH is 1. The minimum absolute atomic E-state index is 0.0320. The molecule has 2 atom stereocenters. The van der Waals surface area contributed by atoms with Crippen LogP contribution in [0.25, 0.3) is 5.69 Å². The fourth-order valence-corrected chi connectivity index (χ4v) is 2.60. The SMILES string of the molecule is CC(NCC(O)c1ccc(F)c(F)c1)c1cccc(-n2cccn2)c1. The zero-order valence-electron chi connectivity index (χ0n) is 13.7. The molecule has 3 aromatic rings. The molecule has 0 saturated carbocycles. The summed E-state index contributed by atoms with van der Waals surface area (Å²) in [5, 5.41) is 17.6. The molecular formula is C19H19F2N3O. The van der Waals surface area contributed by atoms with Crippen LogP contribution in [0.2, 0.25) is 0 Å². The lowest BCUT2D eigenvalue weighted by Crippen LogP contribution is -2.25. The summed E-state index contributed by atoms with van der Waals surface area (Å²) < 4.78 is 28.0. The van der Waals surface area contributed by atoms with Crippen molar-refractivity contribution in [2.24, 2.45) is 0 Å². The first kappa shape index (κ1) is 17.3. The van der Waals surface area contributed by atoms with Gasteiger partial charge in [-0.2, -0.15) is 5.10 Å². The van der Waals surface area contributed by atoms with E-state index in [9.17, 15) is 13.9 Å². The van der Waals surface area contributed by atoms with E-state index in [1.807, 2.05) is 43.5 Å². The van der Waals surface area contributed by atoms with Gasteiger partial charge in [0.2, 0.25) is 0 Å². The zero-order valence-corrected chi connectivity index (χ0v) is 13.7. The summed E-state index contributed by atoms with van der Waals surface area (Å²) >= 11 is 0. The number of nitrogens with one attached hydrogen (secondary N) is 1. The fraction of sp³-hybridized carbons (Fsp3) is 0.211. The van der Waals surface area contributed by atoms with Crippen LogP contribution in [0.3, 0.4) is 0 Å². The standard InChI is InChI=1S/C19H19F2N3O/c1-13(14-4-2-5-16(10-14)24-9-3-8-23-24)22-12-19(25)15-6-7-17(20)18(21)11-15/h2-11,13,19,22,25H,12H2,1H3. The number of rotatable bonds is 6. The summed E-state index contributed by atoms with van der Waals surface area (Å²) in [6.07, 6.45) is 2.66. The number of aliphatic hydroxyl groups is 1. The van der Waals surface area contributed by atoms with E-state index >= 15 is 0 Å². The lowest BCUT2D eigenvalue weighted by Gasteiger charge is -2.18. The van der Waals surface area contributed by atoms with E-state index in [4.69, 9.17) is 0 Å². The molecule has 2 aromatic carbocycles. The third kappa shape index (κ3) is 4.10. The minimum atomic E-state index is -0.962. The van der Waals surface area contributed by atoms with Crippen LogP contribution in [-0.4, -0.2) is 21.4 Å². The van der Waals surface area contributed by atoms with Gasteiger partial charge in [-0.15, -0.1) is 0 Å². The van der Waals surface area contributed by atoms with E-state index in [1.165, 1.54) is 6.07 Å². The molecule has 0 radical (unpaired) electrons. The smallest absolute Gasteiger partial charge is 0.159 e. The maximum absolute atomic E-state index is 13.3. The van der Waals surface area contributed by atoms with Crippen LogP contribution in [0.1, 0.15) is 30.2 Å². The highest BCUT2D eigenvalue weighted by molar-refractivity contribution is 5.36. The quantitative estimate of drug-likeness (QED) is 0.720. The fourth-order valence-electron chi connectivity index (χ4n) is 2.60. The maximum Gasteiger partial charge on any atom is 0.159 e. The lowest BCUT2D eigenvalue weighted by molar-refractivity contribution is 0.170. The molecule has 1 aromatic heterocycles. The van der Waals surface area contributed by atoms with Gasteiger partial charge in [0.25, 0.3) is 0 Å². The van der Waals surface area contributed by atoms with E-state index in [-0.39, 0.29) is 12.6 Å². The average molecular weight is 343 g/mol. The van der Waals surface area contributed by atoms with Gasteiger partial charge in [-0.25, -0.2) is 13.5 Å². The van der Waals surface area contributed by atoms with Crippen LogP contribution < -0.4 is 5.32 Å². The minimum Gasteiger partial charge on any atom is -0.387 e. The molecule has 4 nitrogen and oxygen atoms in total. The summed E-state index contributed by atoms with van der Waals surface area (Å²) in [5.74, 6) is -1.88. The van der Waals surface area contributed by atoms with Crippen molar-refractivity contribution in [2.45, 2.75) is 19.1 Å². The summed E-state index contributed by atoms with van der Waals surface area (Å²) in [5.41, 5.74) is 2.31. The second-order valence-electron chi connectivity index (χ2n) is 5.86. The van der Waals surface area contributed by atoms with Gasteiger partial charge in [-0.05, 0) is 48.4 Å². The molecule has 1 heterocycles. The molecule has 2 unspecified atom stereocenters. The largest absolute Gasteiger partial charge is 0.387 e. The van der Waals surface area contributed by atoms with Gasteiger partial charge in [-0.1, -0.05) is 18.2 Å². The Morgan fingerprint density at radius 3 is 2.64 bits per heavy atom. The van der Waals surface area contributed by atoms with E-state index in [2.05, 4.69) is 10.4 Å². The van der Waals surface area contributed by atoms with Crippen LogP contribution in [0.5, 0.6) is 0 Å². The number of benzene rings is 2. The van der Waals surface area contributed by atoms with Crippen molar-refractivity contribution in [1.29, 1.82) is 0 Å². The highest BCUT2D eigenvalue weighted by Gasteiger charge is 2.13. The molecule has 0 saturated heterocycles. The zero-order chi connectivity index (χ0) is 17.8. The number of hydrogen-bond acceptors (Lipinski definition) is 3. The Balaban J connectivity index is 1.65. The average Bonchev–Trinajstić information content (AvgIpc) is 3.16. The van der Waals surface area contributed by atoms with Crippen molar-refractivity contribution >= 4 is 0 Å². The molecule has 130 valence electrons. The summed E-state index contributed by atoms with van der Waals surface area (Å²) in [4.78, 5) is 0. The molecule has 0 aliphatic heterocycles. The van der Waals surface area contributed by atoms with Crippen LogP contribution >= 0.6 is 0 Å². The van der Waals surface area contributed by atoms with Crippen LogP contribution in [-0.2, 0) is 0 Å².